The highest BCUT2D eigenvalue weighted by atomic mass is 32.2. The molecule has 0 bridgehead atoms. The molecule has 1 fully saturated rings. The number of amides is 1. The van der Waals surface area contributed by atoms with E-state index in [1.807, 2.05) is 0 Å². The van der Waals surface area contributed by atoms with Gasteiger partial charge >= 0.3 is 0 Å². The SMILES string of the molecule is CCCCCCCCN(C=O)C1(C#N)SCC(N(C)C)CS1. The highest BCUT2D eigenvalue weighted by molar-refractivity contribution is 8.19. The lowest BCUT2D eigenvalue weighted by Gasteiger charge is -2.41. The number of thioether (sulfide) groups is 2. The standard InChI is InChI=1S/C16H29N3OS2/c1-4-5-6-7-8-9-10-19(14-20)16(13-17)21-11-15(12-22-16)18(2)3/h14-15H,4-12H2,1-3H3. The second kappa shape index (κ2) is 10.4. The van der Waals surface area contributed by atoms with Crippen molar-refractivity contribution in [2.24, 2.45) is 0 Å². The molecule has 0 aromatic heterocycles. The minimum atomic E-state index is -0.725. The summed E-state index contributed by atoms with van der Waals surface area (Å²) < 4.78 is -0.725. The van der Waals surface area contributed by atoms with E-state index in [1.54, 1.807) is 28.4 Å². The number of carbonyl (C=O) groups excluding carboxylic acids is 1. The molecule has 0 saturated carbocycles. The molecule has 1 saturated heterocycles. The third-order valence-corrected chi connectivity index (χ3v) is 7.32. The second-order valence-corrected chi connectivity index (χ2v) is 8.68. The Morgan fingerprint density at radius 1 is 1.18 bits per heavy atom. The Balaban J connectivity index is 2.46. The van der Waals surface area contributed by atoms with Gasteiger partial charge in [0.1, 0.15) is 6.07 Å². The zero-order chi connectivity index (χ0) is 16.4. The predicted molar refractivity (Wildman–Crippen MR) is 96.9 cm³/mol. The maximum atomic E-state index is 11.5. The van der Waals surface area contributed by atoms with Crippen LogP contribution in [0.25, 0.3) is 0 Å². The predicted octanol–water partition coefficient (Wildman–Crippen LogP) is 3.39. The summed E-state index contributed by atoms with van der Waals surface area (Å²) in [6, 6.07) is 2.86. The zero-order valence-corrected chi connectivity index (χ0v) is 15.7. The normalized spacial score (nSPS) is 25.0. The lowest BCUT2D eigenvalue weighted by Crippen LogP contribution is -2.48. The number of hydrogen-bond acceptors (Lipinski definition) is 5. The van der Waals surface area contributed by atoms with Crippen molar-refractivity contribution in [1.82, 2.24) is 9.80 Å². The van der Waals surface area contributed by atoms with Crippen LogP contribution < -0.4 is 0 Å². The fourth-order valence-corrected chi connectivity index (χ4v) is 5.72. The summed E-state index contributed by atoms with van der Waals surface area (Å²) in [4.78, 5) is 15.4. The Morgan fingerprint density at radius 3 is 2.27 bits per heavy atom. The van der Waals surface area contributed by atoms with Gasteiger partial charge in [0, 0.05) is 24.1 Å². The van der Waals surface area contributed by atoms with Crippen LogP contribution in [0, 0.1) is 11.3 Å². The topological polar surface area (TPSA) is 47.3 Å². The van der Waals surface area contributed by atoms with Crippen molar-refractivity contribution in [3.05, 3.63) is 0 Å². The van der Waals surface area contributed by atoms with E-state index in [0.717, 1.165) is 30.8 Å². The maximum absolute atomic E-state index is 11.5. The van der Waals surface area contributed by atoms with Gasteiger partial charge in [0.2, 0.25) is 10.6 Å². The number of carbonyl (C=O) groups is 1. The van der Waals surface area contributed by atoms with E-state index in [2.05, 4.69) is 32.0 Å². The average Bonchev–Trinajstić information content (AvgIpc) is 2.54. The average molecular weight is 344 g/mol. The minimum Gasteiger partial charge on any atom is -0.310 e. The van der Waals surface area contributed by atoms with Crippen LogP contribution in [0.1, 0.15) is 45.4 Å². The van der Waals surface area contributed by atoms with Gasteiger partial charge in [-0.1, -0.05) is 39.0 Å². The molecule has 0 aliphatic carbocycles. The molecule has 1 heterocycles. The molecule has 0 N–H and O–H groups in total. The maximum Gasteiger partial charge on any atom is 0.224 e. The fourth-order valence-electron chi connectivity index (χ4n) is 2.43. The fraction of sp³-hybridized carbons (Fsp3) is 0.875. The lowest BCUT2D eigenvalue weighted by molar-refractivity contribution is -0.118. The number of nitrogens with zero attached hydrogens (tertiary/aromatic N) is 3. The number of unbranched alkanes of at least 4 members (excludes halogenated alkanes) is 5. The van der Waals surface area contributed by atoms with Gasteiger partial charge in [-0.05, 0) is 20.5 Å². The molecule has 1 aliphatic rings. The van der Waals surface area contributed by atoms with Crippen LogP contribution in [0.15, 0.2) is 0 Å². The molecule has 4 nitrogen and oxygen atoms in total. The van der Waals surface area contributed by atoms with Gasteiger partial charge in [-0.15, -0.1) is 23.5 Å². The molecule has 0 atom stereocenters. The molecule has 0 spiro atoms. The van der Waals surface area contributed by atoms with E-state index in [0.29, 0.717) is 12.6 Å². The smallest absolute Gasteiger partial charge is 0.224 e. The molecule has 0 unspecified atom stereocenters. The molecule has 126 valence electrons. The van der Waals surface area contributed by atoms with Crippen molar-refractivity contribution < 1.29 is 4.79 Å². The number of hydrogen-bond donors (Lipinski definition) is 0. The summed E-state index contributed by atoms with van der Waals surface area (Å²) in [5.74, 6) is 1.79. The van der Waals surface area contributed by atoms with Crippen LogP contribution in [-0.4, -0.2) is 58.6 Å². The summed E-state index contributed by atoms with van der Waals surface area (Å²) >= 11 is 3.21. The van der Waals surface area contributed by atoms with Gasteiger partial charge in [0.15, 0.2) is 0 Å². The summed E-state index contributed by atoms with van der Waals surface area (Å²) in [6.45, 7) is 2.90. The van der Waals surface area contributed by atoms with E-state index in [-0.39, 0.29) is 0 Å². The van der Waals surface area contributed by atoms with Crippen molar-refractivity contribution in [3.8, 4) is 6.07 Å². The number of nitriles is 1. The third-order valence-electron chi connectivity index (χ3n) is 4.07. The van der Waals surface area contributed by atoms with Crippen molar-refractivity contribution in [2.75, 3.05) is 32.1 Å². The molecule has 1 aliphatic heterocycles. The quantitative estimate of drug-likeness (QED) is 0.449. The second-order valence-electron chi connectivity index (χ2n) is 6.00. The first-order valence-corrected chi connectivity index (χ1v) is 10.1. The zero-order valence-electron chi connectivity index (χ0n) is 14.1. The number of rotatable bonds is 10. The van der Waals surface area contributed by atoms with Gasteiger partial charge in [-0.2, -0.15) is 5.26 Å². The van der Waals surface area contributed by atoms with Gasteiger partial charge in [-0.3, -0.25) is 4.79 Å². The lowest BCUT2D eigenvalue weighted by atomic mass is 10.1. The largest absolute Gasteiger partial charge is 0.310 e. The van der Waals surface area contributed by atoms with Gasteiger partial charge in [0.05, 0.1) is 0 Å². The van der Waals surface area contributed by atoms with Gasteiger partial charge in [0.25, 0.3) is 0 Å². The van der Waals surface area contributed by atoms with E-state index in [1.165, 1.54) is 25.7 Å². The van der Waals surface area contributed by atoms with Gasteiger partial charge < -0.3 is 9.80 Å². The summed E-state index contributed by atoms with van der Waals surface area (Å²) in [5.41, 5.74) is 0. The Hall–Kier alpha value is -0.380. The molecule has 22 heavy (non-hydrogen) atoms. The molecule has 1 rings (SSSR count). The van der Waals surface area contributed by atoms with Gasteiger partial charge in [-0.25, -0.2) is 0 Å². The molecule has 1 amide bonds. The molecule has 0 radical (unpaired) electrons. The summed E-state index contributed by atoms with van der Waals surface area (Å²) in [6.07, 6.45) is 8.03. The van der Waals surface area contributed by atoms with Crippen molar-refractivity contribution >= 4 is 29.9 Å². The van der Waals surface area contributed by atoms with E-state index in [9.17, 15) is 10.1 Å². The molecule has 0 aromatic carbocycles. The highest BCUT2D eigenvalue weighted by Crippen LogP contribution is 2.44. The Morgan fingerprint density at radius 2 is 1.77 bits per heavy atom. The van der Waals surface area contributed by atoms with Crippen LogP contribution in [0.3, 0.4) is 0 Å². The van der Waals surface area contributed by atoms with E-state index < -0.39 is 4.20 Å². The van der Waals surface area contributed by atoms with Crippen molar-refractivity contribution in [2.45, 2.75) is 55.7 Å². The van der Waals surface area contributed by atoms with Crippen molar-refractivity contribution in [1.29, 1.82) is 5.26 Å². The summed E-state index contributed by atoms with van der Waals surface area (Å²) in [7, 11) is 4.14. The van der Waals surface area contributed by atoms with Crippen LogP contribution in [-0.2, 0) is 4.79 Å². The molecular formula is C16H29N3OS2. The first-order valence-electron chi connectivity index (χ1n) is 8.17. The Bertz CT molecular complexity index is 363. The van der Waals surface area contributed by atoms with Crippen LogP contribution >= 0.6 is 23.5 Å². The van der Waals surface area contributed by atoms with Crippen LogP contribution in [0.2, 0.25) is 0 Å². The summed E-state index contributed by atoms with van der Waals surface area (Å²) in [5, 5.41) is 9.63. The van der Waals surface area contributed by atoms with E-state index in [4.69, 9.17) is 0 Å². The monoisotopic (exact) mass is 343 g/mol. The Labute approximate surface area is 144 Å². The Kier molecular flexibility index (Phi) is 9.30. The molecule has 0 aromatic rings. The van der Waals surface area contributed by atoms with Crippen LogP contribution in [0.4, 0.5) is 0 Å². The molecular weight excluding hydrogens is 314 g/mol. The first-order chi connectivity index (χ1) is 10.6. The first kappa shape index (κ1) is 19.7. The van der Waals surface area contributed by atoms with E-state index >= 15 is 0 Å². The van der Waals surface area contributed by atoms with Crippen molar-refractivity contribution in [3.63, 3.8) is 0 Å². The minimum absolute atomic E-state index is 0.471. The third kappa shape index (κ3) is 5.68. The highest BCUT2D eigenvalue weighted by Gasteiger charge is 2.42. The molecule has 6 heteroatoms. The van der Waals surface area contributed by atoms with Crippen LogP contribution in [0.5, 0.6) is 0 Å².